The molecule has 1 aromatic heterocycles. The van der Waals surface area contributed by atoms with Crippen molar-refractivity contribution in [1.29, 1.82) is 0 Å². The molecule has 0 saturated heterocycles. The minimum atomic E-state index is -0.286. The molecule has 0 unspecified atom stereocenters. The van der Waals surface area contributed by atoms with Crippen LogP contribution < -0.4 is 92.8 Å². The first-order valence-electron chi connectivity index (χ1n) is 52.6. The topological polar surface area (TPSA) is 85.8 Å². The molecule has 22 rings (SSSR count). The summed E-state index contributed by atoms with van der Waals surface area (Å²) in [6.45, 7) is 62.1. The van der Waals surface area contributed by atoms with Crippen LogP contribution in [0.2, 0.25) is 0 Å². The van der Waals surface area contributed by atoms with E-state index in [4.69, 9.17) is 29.2 Å². The molecule has 0 aliphatic carbocycles. The van der Waals surface area contributed by atoms with Gasteiger partial charge >= 0.3 is 0 Å². The molecule has 6 aliphatic heterocycles. The third-order valence-corrected chi connectivity index (χ3v) is 31.8. The van der Waals surface area contributed by atoms with Crippen molar-refractivity contribution >= 4 is 172 Å². The molecule has 12 nitrogen and oxygen atoms in total. The lowest BCUT2D eigenvalue weighted by Crippen LogP contribution is -2.61. The molecule has 7 heterocycles. The second kappa shape index (κ2) is 34.4. The Hall–Kier alpha value is -14.3. The van der Waals surface area contributed by atoms with E-state index in [-0.39, 0.29) is 68.9 Å². The van der Waals surface area contributed by atoms with E-state index in [1.165, 1.54) is 82.8 Å². The van der Waals surface area contributed by atoms with Gasteiger partial charge in [0.25, 0.3) is 20.1 Å². The monoisotopic (exact) mass is 1930 g/mol. The number of benzene rings is 15. The summed E-state index contributed by atoms with van der Waals surface area (Å²) in [5.74, 6) is 3.97. The largest absolute Gasteiger partial charge is 0.497 e. The van der Waals surface area contributed by atoms with Gasteiger partial charge in [0.15, 0.2) is 17.5 Å². The van der Waals surface area contributed by atoms with E-state index in [2.05, 4.69) is 508 Å². The van der Waals surface area contributed by atoms with Crippen molar-refractivity contribution in [3.63, 3.8) is 0 Å². The molecule has 6 aliphatic rings. The second-order valence-corrected chi connectivity index (χ2v) is 51.0. The zero-order valence-corrected chi connectivity index (χ0v) is 91.7. The van der Waals surface area contributed by atoms with E-state index in [9.17, 15) is 0 Å². The molecular weight excluding hydrogens is 1790 g/mol. The standard InChI is InChI=1S/C132H138B3N9O3/c1-124(2,3)82-34-43-91(44-35-82)139-109-64-40-85(127(10,11)12)70-103(109)133-100-67-79(31-61-106(100)142(94-49-55-97(145-28)56-50-94)115-76-88(130(19,20)21)73-112(139)118(115)133)121-136-122(80-32-62-107-101(68-80)134-104-71-86(128(13,14)15)41-65-110(104)140(92-45-36-83(37-46-92)125(4,5)6)113-74-89(131(22,23)24)77-116(119(113)134)143(107)95-51-57-98(146-29)58-52-95)138-123(137-121)81-33-63-108-102(69-81)135-105-72-87(129(16,17)18)42-66-111(105)141(93-47-38-84(39-48-93)126(7,8)9)114-75-90(132(25,26)27)78-117(120(114)135)144(108)96-53-59-99(147-30)60-54-96/h31-78H,1-30H3. The smallest absolute Gasteiger partial charge is 0.252 e. The summed E-state index contributed by atoms with van der Waals surface area (Å²) in [4.78, 5) is 33.6. The first-order valence-corrected chi connectivity index (χ1v) is 52.6. The van der Waals surface area contributed by atoms with Crippen LogP contribution in [0, 0.1) is 0 Å². The van der Waals surface area contributed by atoms with E-state index in [1.54, 1.807) is 21.3 Å². The highest BCUT2D eigenvalue weighted by atomic mass is 16.5. The number of anilines is 18. The zero-order valence-electron chi connectivity index (χ0n) is 91.7. The summed E-state index contributed by atoms with van der Waals surface area (Å²) in [6, 6.07) is 112. The van der Waals surface area contributed by atoms with Gasteiger partial charge in [-0.25, -0.2) is 15.0 Å². The third-order valence-electron chi connectivity index (χ3n) is 31.8. The Balaban J connectivity index is 0.835. The van der Waals surface area contributed by atoms with Gasteiger partial charge in [0.2, 0.25) is 0 Å². The van der Waals surface area contributed by atoms with Gasteiger partial charge in [-0.15, -0.1) is 0 Å². The minimum Gasteiger partial charge on any atom is -0.497 e. The zero-order chi connectivity index (χ0) is 104. The van der Waals surface area contributed by atoms with E-state index in [0.717, 1.165) is 153 Å². The Bertz CT molecular complexity index is 7230. The maximum absolute atomic E-state index is 6.12. The summed E-state index contributed by atoms with van der Waals surface area (Å²) in [5.41, 5.74) is 42.7. The number of fused-ring (bicyclic) bond motifs is 12. The van der Waals surface area contributed by atoms with Crippen LogP contribution in [0.1, 0.15) is 237 Å². The van der Waals surface area contributed by atoms with E-state index >= 15 is 0 Å². The van der Waals surface area contributed by atoms with Crippen LogP contribution in [-0.4, -0.2) is 56.4 Å². The first kappa shape index (κ1) is 97.4. The molecule has 0 bridgehead atoms. The van der Waals surface area contributed by atoms with Crippen LogP contribution in [0.3, 0.4) is 0 Å². The molecule has 0 N–H and O–H groups in total. The van der Waals surface area contributed by atoms with Crippen LogP contribution in [0.4, 0.5) is 102 Å². The fourth-order valence-electron chi connectivity index (χ4n) is 23.1. The highest BCUT2D eigenvalue weighted by molar-refractivity contribution is 7.02. The van der Waals surface area contributed by atoms with Crippen molar-refractivity contribution in [3.8, 4) is 51.4 Å². The summed E-state index contributed by atoms with van der Waals surface area (Å²) in [7, 11) is 5.25. The maximum atomic E-state index is 6.12. The molecular formula is C132H138B3N9O3. The average Bonchev–Trinajstić information content (AvgIpc) is 0.698. The van der Waals surface area contributed by atoms with Crippen molar-refractivity contribution in [2.45, 2.75) is 236 Å². The number of rotatable bonds is 12. The lowest BCUT2D eigenvalue weighted by molar-refractivity contribution is 0.414. The second-order valence-electron chi connectivity index (χ2n) is 51.0. The molecule has 738 valence electrons. The number of nitrogens with zero attached hydrogens (tertiary/aromatic N) is 9. The van der Waals surface area contributed by atoms with E-state index < -0.39 is 0 Å². The predicted molar refractivity (Wildman–Crippen MR) is 626 cm³/mol. The van der Waals surface area contributed by atoms with Gasteiger partial charge < -0.3 is 43.6 Å². The highest BCUT2D eigenvalue weighted by Crippen LogP contribution is 2.54. The fraction of sp³-hybridized carbons (Fsp3) is 0.295. The normalized spacial score (nSPS) is 14.2. The summed E-state index contributed by atoms with van der Waals surface area (Å²) >= 11 is 0. The van der Waals surface area contributed by atoms with Gasteiger partial charge in [-0.2, -0.15) is 0 Å². The number of aromatic nitrogens is 3. The van der Waals surface area contributed by atoms with Gasteiger partial charge in [0, 0.05) is 119 Å². The SMILES string of the molecule is COc1ccc(N2c3ccc(-c4nc(-c5ccc6c(c5)B5c7cc(C(C)(C)C)ccc7N(c7ccc(C(C)(C)C)cc7)c7cc(C(C)(C)C)cc(c75)N6c5ccc(OC)cc5)nc(-c5ccc6c(c5)B5c7cc(C(C)(C)C)ccc7N(c7ccc(C(C)(C)C)cc7)c7cc(C(C)(C)C)cc(c75)N6c5ccc(OC)cc5)n4)cc3B3c4cc(C(C)(C)C)ccc4N(c4ccc(C(C)(C)C)cc4)c4cc(C(C)(C)C)cc2c43)cc1. The van der Waals surface area contributed by atoms with Crippen molar-refractivity contribution in [2.24, 2.45) is 0 Å². The lowest BCUT2D eigenvalue weighted by Gasteiger charge is -2.45. The molecule has 0 amide bonds. The summed E-state index contributed by atoms with van der Waals surface area (Å²) in [5, 5.41) is 0. The lowest BCUT2D eigenvalue weighted by atomic mass is 9.33. The van der Waals surface area contributed by atoms with Crippen LogP contribution in [-0.2, 0) is 48.7 Å². The van der Waals surface area contributed by atoms with Crippen LogP contribution in [0.5, 0.6) is 17.2 Å². The Kier molecular flexibility index (Phi) is 22.8. The van der Waals surface area contributed by atoms with Crippen molar-refractivity contribution in [3.05, 3.63) is 341 Å². The third kappa shape index (κ3) is 16.8. The Morgan fingerprint density at radius 1 is 0.170 bits per heavy atom. The Morgan fingerprint density at radius 2 is 0.333 bits per heavy atom. The molecule has 0 saturated carbocycles. The Morgan fingerprint density at radius 3 is 0.510 bits per heavy atom. The van der Waals surface area contributed by atoms with Gasteiger partial charge in [-0.05, 0) is 348 Å². The van der Waals surface area contributed by atoms with Gasteiger partial charge in [-0.1, -0.05) is 278 Å². The molecule has 0 fully saturated rings. The van der Waals surface area contributed by atoms with Crippen LogP contribution >= 0.6 is 0 Å². The van der Waals surface area contributed by atoms with E-state index in [0.29, 0.717) is 17.5 Å². The molecule has 15 heteroatoms. The molecule has 147 heavy (non-hydrogen) atoms. The van der Waals surface area contributed by atoms with Crippen molar-refractivity contribution in [1.82, 2.24) is 15.0 Å². The molecule has 0 radical (unpaired) electrons. The van der Waals surface area contributed by atoms with Crippen molar-refractivity contribution < 1.29 is 14.2 Å². The summed E-state index contributed by atoms with van der Waals surface area (Å²) in [6.07, 6.45) is 0. The Labute approximate surface area is 874 Å². The molecule has 15 aromatic carbocycles. The molecule has 0 atom stereocenters. The number of ether oxygens (including phenoxy) is 3. The maximum Gasteiger partial charge on any atom is 0.252 e. The fourth-order valence-corrected chi connectivity index (χ4v) is 23.1. The van der Waals surface area contributed by atoms with Gasteiger partial charge in [-0.3, -0.25) is 0 Å². The number of hydrogen-bond acceptors (Lipinski definition) is 12. The quantitative estimate of drug-likeness (QED) is 0.109. The van der Waals surface area contributed by atoms with Crippen molar-refractivity contribution in [2.75, 3.05) is 50.7 Å². The van der Waals surface area contributed by atoms with E-state index in [1.807, 2.05) is 0 Å². The highest BCUT2D eigenvalue weighted by Gasteiger charge is 2.51. The molecule has 0 spiro atoms. The van der Waals surface area contributed by atoms with Crippen LogP contribution in [0.25, 0.3) is 34.2 Å². The number of hydrogen-bond donors (Lipinski definition) is 0. The van der Waals surface area contributed by atoms with Gasteiger partial charge in [0.05, 0.1) is 21.3 Å². The van der Waals surface area contributed by atoms with Gasteiger partial charge in [0.1, 0.15) is 17.2 Å². The number of methoxy groups -OCH3 is 3. The van der Waals surface area contributed by atoms with Crippen LogP contribution in [0.15, 0.2) is 291 Å². The predicted octanol–water partition coefficient (Wildman–Crippen LogP) is 28.8. The first-order chi connectivity index (χ1) is 69.4. The minimum absolute atomic E-state index is 0.0636. The molecule has 16 aromatic rings. The summed E-state index contributed by atoms with van der Waals surface area (Å²) < 4.78 is 18.0. The average molecular weight is 1930 g/mol.